The zero-order valence-corrected chi connectivity index (χ0v) is 17.9. The van der Waals surface area contributed by atoms with Gasteiger partial charge < -0.3 is 14.6 Å². The van der Waals surface area contributed by atoms with Gasteiger partial charge in [-0.2, -0.15) is 0 Å². The number of halogens is 1. The van der Waals surface area contributed by atoms with Gasteiger partial charge in [0.25, 0.3) is 5.91 Å². The fourth-order valence-corrected chi connectivity index (χ4v) is 3.70. The Kier molecular flexibility index (Phi) is 6.29. The third-order valence-corrected chi connectivity index (χ3v) is 5.46. The summed E-state index contributed by atoms with van der Waals surface area (Å²) < 4.78 is 11.6. The van der Waals surface area contributed by atoms with Gasteiger partial charge >= 0.3 is 5.97 Å². The number of rotatable bonds is 6. The number of benzene rings is 2. The molecule has 3 rings (SSSR count). The van der Waals surface area contributed by atoms with E-state index >= 15 is 0 Å². The minimum absolute atomic E-state index is 0.116. The highest BCUT2D eigenvalue weighted by Gasteiger charge is 2.33. The van der Waals surface area contributed by atoms with Crippen molar-refractivity contribution < 1.29 is 24.2 Å². The average Bonchev–Trinajstić information content (AvgIpc) is 2.96. The van der Waals surface area contributed by atoms with E-state index in [1.54, 1.807) is 36.4 Å². The van der Waals surface area contributed by atoms with Crippen LogP contribution in [0.4, 0.5) is 5.69 Å². The number of amidine groups is 1. The zero-order valence-electron chi connectivity index (χ0n) is 15.5. The molecule has 0 spiro atoms. The van der Waals surface area contributed by atoms with Crippen molar-refractivity contribution >= 4 is 56.5 Å². The van der Waals surface area contributed by atoms with Crippen molar-refractivity contribution in [3.63, 3.8) is 0 Å². The van der Waals surface area contributed by atoms with E-state index in [0.717, 1.165) is 16.2 Å². The molecule has 1 atom stereocenters. The standard InChI is InChI=1S/C20H17BrN2O5S/c1-11(19(25)26)28-15-8-3-12(9-16(15)27-2)10-17-18(24)23(20(22)29-17)14-6-4-13(21)5-7-14/h3-11,22H,1-2H3,(H,25,26)/b17-10-,22-20?/t11-/m0/s1. The number of methoxy groups -OCH3 is 1. The molecule has 2 aromatic carbocycles. The van der Waals surface area contributed by atoms with E-state index in [9.17, 15) is 9.59 Å². The fraction of sp³-hybridized carbons (Fsp3) is 0.150. The normalized spacial score (nSPS) is 16.2. The maximum Gasteiger partial charge on any atom is 0.344 e. The molecule has 7 nitrogen and oxygen atoms in total. The molecule has 1 heterocycles. The van der Waals surface area contributed by atoms with Crippen LogP contribution in [0.25, 0.3) is 6.08 Å². The predicted octanol–water partition coefficient (Wildman–Crippen LogP) is 4.37. The Bertz CT molecular complexity index is 1010. The highest BCUT2D eigenvalue weighted by molar-refractivity contribution is 9.10. The quantitative estimate of drug-likeness (QED) is 0.600. The van der Waals surface area contributed by atoms with E-state index in [-0.39, 0.29) is 11.1 Å². The van der Waals surface area contributed by atoms with Crippen LogP contribution in [-0.4, -0.2) is 35.4 Å². The van der Waals surface area contributed by atoms with Gasteiger partial charge in [-0.1, -0.05) is 22.0 Å². The van der Waals surface area contributed by atoms with Crippen molar-refractivity contribution in [2.75, 3.05) is 12.0 Å². The Morgan fingerprint density at radius 2 is 1.93 bits per heavy atom. The summed E-state index contributed by atoms with van der Waals surface area (Å²) in [5.74, 6) is -0.735. The van der Waals surface area contributed by atoms with Crippen LogP contribution in [0.1, 0.15) is 12.5 Å². The molecule has 1 saturated heterocycles. The molecule has 9 heteroatoms. The molecule has 2 aromatic rings. The lowest BCUT2D eigenvalue weighted by molar-refractivity contribution is -0.144. The van der Waals surface area contributed by atoms with Gasteiger partial charge in [-0.15, -0.1) is 0 Å². The van der Waals surface area contributed by atoms with Gasteiger partial charge in [0.15, 0.2) is 22.8 Å². The lowest BCUT2D eigenvalue weighted by atomic mass is 10.1. The summed E-state index contributed by atoms with van der Waals surface area (Å²) >= 11 is 4.42. The Balaban J connectivity index is 1.86. The maximum absolute atomic E-state index is 12.8. The number of carbonyl (C=O) groups is 2. The number of anilines is 1. The Labute approximate surface area is 179 Å². The van der Waals surface area contributed by atoms with E-state index in [1.165, 1.54) is 18.9 Å². The third kappa shape index (κ3) is 4.63. The molecule has 2 N–H and O–H groups in total. The number of carboxylic acids is 1. The predicted molar refractivity (Wildman–Crippen MR) is 116 cm³/mol. The number of hydrogen-bond donors (Lipinski definition) is 2. The number of nitrogens with one attached hydrogen (secondary N) is 1. The molecule has 1 aliphatic heterocycles. The van der Waals surface area contributed by atoms with Crippen LogP contribution < -0.4 is 14.4 Å². The van der Waals surface area contributed by atoms with Crippen molar-refractivity contribution in [2.24, 2.45) is 0 Å². The first-order valence-electron chi connectivity index (χ1n) is 8.45. The molecule has 1 aliphatic rings. The van der Waals surface area contributed by atoms with Crippen LogP contribution in [0.15, 0.2) is 51.8 Å². The molecule has 0 aromatic heterocycles. The summed E-state index contributed by atoms with van der Waals surface area (Å²) in [5, 5.41) is 17.3. The van der Waals surface area contributed by atoms with Crippen molar-refractivity contribution in [1.29, 1.82) is 5.41 Å². The number of carbonyl (C=O) groups excluding carboxylic acids is 1. The smallest absolute Gasteiger partial charge is 0.344 e. The van der Waals surface area contributed by atoms with Crippen LogP contribution in [0.5, 0.6) is 11.5 Å². The minimum atomic E-state index is -1.09. The van der Waals surface area contributed by atoms with Crippen LogP contribution in [0.3, 0.4) is 0 Å². The number of aliphatic carboxylic acids is 1. The molecule has 1 amide bonds. The van der Waals surface area contributed by atoms with E-state index in [1.807, 2.05) is 12.1 Å². The first-order valence-corrected chi connectivity index (χ1v) is 10.1. The SMILES string of the molecule is COc1cc(/C=C2\SC(=N)N(c3ccc(Br)cc3)C2=O)ccc1O[C@@H](C)C(=O)O. The summed E-state index contributed by atoms with van der Waals surface area (Å²) in [7, 11) is 1.45. The van der Waals surface area contributed by atoms with E-state index in [4.69, 9.17) is 20.0 Å². The van der Waals surface area contributed by atoms with Crippen molar-refractivity contribution in [2.45, 2.75) is 13.0 Å². The zero-order chi connectivity index (χ0) is 21.1. The van der Waals surface area contributed by atoms with Gasteiger partial charge in [0.1, 0.15) is 0 Å². The van der Waals surface area contributed by atoms with Crippen LogP contribution in [-0.2, 0) is 9.59 Å². The van der Waals surface area contributed by atoms with Gasteiger partial charge in [0, 0.05) is 4.47 Å². The average molecular weight is 477 g/mol. The second-order valence-electron chi connectivity index (χ2n) is 6.04. The summed E-state index contributed by atoms with van der Waals surface area (Å²) in [6, 6.07) is 12.1. The number of hydrogen-bond acceptors (Lipinski definition) is 6. The largest absolute Gasteiger partial charge is 0.493 e. The number of thioether (sulfide) groups is 1. The van der Waals surface area contributed by atoms with Gasteiger partial charge in [0.2, 0.25) is 0 Å². The fourth-order valence-electron chi connectivity index (χ4n) is 2.58. The summed E-state index contributed by atoms with van der Waals surface area (Å²) in [6.45, 7) is 1.42. The van der Waals surface area contributed by atoms with Crippen molar-refractivity contribution in [3.05, 3.63) is 57.4 Å². The second kappa shape index (κ2) is 8.71. The number of nitrogens with zero attached hydrogens (tertiary/aromatic N) is 1. The van der Waals surface area contributed by atoms with Crippen LogP contribution >= 0.6 is 27.7 Å². The Morgan fingerprint density at radius 3 is 2.55 bits per heavy atom. The van der Waals surface area contributed by atoms with Crippen LogP contribution in [0.2, 0.25) is 0 Å². The molecule has 0 unspecified atom stereocenters. The number of amides is 1. The number of ether oxygens (including phenoxy) is 2. The molecular formula is C20H17BrN2O5S. The summed E-state index contributed by atoms with van der Waals surface area (Å²) in [4.78, 5) is 25.5. The monoisotopic (exact) mass is 476 g/mol. The van der Waals surface area contributed by atoms with Gasteiger partial charge in [0.05, 0.1) is 17.7 Å². The van der Waals surface area contributed by atoms with Crippen LogP contribution in [0, 0.1) is 5.41 Å². The molecular weight excluding hydrogens is 460 g/mol. The first-order chi connectivity index (χ1) is 13.8. The lowest BCUT2D eigenvalue weighted by Gasteiger charge is -2.14. The Morgan fingerprint density at radius 1 is 1.24 bits per heavy atom. The number of carboxylic acid groups (broad SMARTS) is 1. The van der Waals surface area contributed by atoms with Gasteiger partial charge in [-0.25, -0.2) is 4.79 Å². The molecule has 1 fully saturated rings. The Hall–Kier alpha value is -2.78. The minimum Gasteiger partial charge on any atom is -0.493 e. The maximum atomic E-state index is 12.8. The topological polar surface area (TPSA) is 99.9 Å². The third-order valence-electron chi connectivity index (χ3n) is 4.05. The van der Waals surface area contributed by atoms with Crippen molar-refractivity contribution in [1.82, 2.24) is 0 Å². The van der Waals surface area contributed by atoms with E-state index < -0.39 is 12.1 Å². The second-order valence-corrected chi connectivity index (χ2v) is 7.99. The van der Waals surface area contributed by atoms with Crippen molar-refractivity contribution in [3.8, 4) is 11.5 Å². The highest BCUT2D eigenvalue weighted by atomic mass is 79.9. The lowest BCUT2D eigenvalue weighted by Crippen LogP contribution is -2.27. The van der Waals surface area contributed by atoms with E-state index in [0.29, 0.717) is 27.7 Å². The molecule has 0 aliphatic carbocycles. The van der Waals surface area contributed by atoms with Gasteiger partial charge in [-0.05, 0) is 66.7 Å². The first kappa shape index (κ1) is 20.9. The highest BCUT2D eigenvalue weighted by Crippen LogP contribution is 2.37. The molecule has 150 valence electrons. The molecule has 0 bridgehead atoms. The van der Waals surface area contributed by atoms with Gasteiger partial charge in [-0.3, -0.25) is 15.1 Å². The van der Waals surface area contributed by atoms with E-state index in [2.05, 4.69) is 15.9 Å². The molecule has 0 saturated carbocycles. The molecule has 0 radical (unpaired) electrons. The summed E-state index contributed by atoms with van der Waals surface area (Å²) in [6.07, 6.45) is 0.632. The molecule has 29 heavy (non-hydrogen) atoms. The summed E-state index contributed by atoms with van der Waals surface area (Å²) in [5.41, 5.74) is 1.28.